The number of allylic oxidation sites excluding steroid dienone is 2. The molecule has 2 aromatic rings. The minimum atomic E-state index is -1.43. The zero-order chi connectivity index (χ0) is 24.3. The molecule has 1 fully saturated rings. The van der Waals surface area contributed by atoms with E-state index >= 15 is 0 Å². The maximum absolute atomic E-state index is 11.6. The van der Waals surface area contributed by atoms with Crippen molar-refractivity contribution in [1.82, 2.24) is 20.0 Å². The van der Waals surface area contributed by atoms with Crippen LogP contribution < -0.4 is 4.87 Å². The zero-order valence-electron chi connectivity index (χ0n) is 17.0. The number of carbonyl (C=O) groups is 1. The number of halogens is 1. The number of aromatic nitrogens is 4. The van der Waals surface area contributed by atoms with Gasteiger partial charge >= 0.3 is 10.8 Å². The zero-order valence-corrected chi connectivity index (χ0v) is 19.4. The highest BCUT2D eigenvalue weighted by Crippen LogP contribution is 2.39. The van der Waals surface area contributed by atoms with Crippen molar-refractivity contribution >= 4 is 47.4 Å². The van der Waals surface area contributed by atoms with Gasteiger partial charge in [0.15, 0.2) is 5.70 Å². The molecule has 0 bridgehead atoms. The number of aliphatic hydroxyl groups is 3. The van der Waals surface area contributed by atoms with Crippen molar-refractivity contribution in [3.63, 3.8) is 0 Å². The summed E-state index contributed by atoms with van der Waals surface area (Å²) in [7, 11) is 0. The number of thiazole rings is 1. The van der Waals surface area contributed by atoms with Crippen LogP contribution in [0.3, 0.4) is 0 Å². The first kappa shape index (κ1) is 25.3. The average molecular weight is 518 g/mol. The van der Waals surface area contributed by atoms with Gasteiger partial charge in [0.1, 0.15) is 35.5 Å². The van der Waals surface area contributed by atoms with Gasteiger partial charge in [-0.25, -0.2) is 9.48 Å². The topological polar surface area (TPSA) is 183 Å². The van der Waals surface area contributed by atoms with Gasteiger partial charge in [0, 0.05) is 15.3 Å². The summed E-state index contributed by atoms with van der Waals surface area (Å²) in [6.45, 7) is 4.20. The molecule has 0 saturated carbocycles. The molecule has 15 heteroatoms. The number of aliphatic imine (C=N–C) groups is 1. The van der Waals surface area contributed by atoms with Crippen LogP contribution in [-0.4, -0.2) is 83.4 Å². The fourth-order valence-corrected chi connectivity index (χ4v) is 5.15. The molecular weight excluding hydrogens is 498 g/mol. The fourth-order valence-electron chi connectivity index (χ4n) is 3.14. The number of aliphatic carboxylic acids is 1. The number of hydrogen-bond donors (Lipinski definition) is 5. The monoisotopic (exact) mass is 517 g/mol. The summed E-state index contributed by atoms with van der Waals surface area (Å²) in [5.74, 6) is -1.37. The molecule has 0 radical (unpaired) electrons. The maximum Gasteiger partial charge on any atom is 0.355 e. The smallest absolute Gasteiger partial charge is 0.355 e. The summed E-state index contributed by atoms with van der Waals surface area (Å²) >= 11 is 7.66. The van der Waals surface area contributed by atoms with E-state index in [9.17, 15) is 30.0 Å². The van der Waals surface area contributed by atoms with Gasteiger partial charge in [0.05, 0.1) is 18.5 Å². The first-order valence-corrected chi connectivity index (χ1v) is 11.5. The van der Waals surface area contributed by atoms with Crippen molar-refractivity contribution in [2.24, 2.45) is 4.99 Å². The van der Waals surface area contributed by atoms with Crippen LogP contribution in [0.15, 0.2) is 43.1 Å². The number of aliphatic hydroxyl groups excluding tert-OH is 3. The Balaban J connectivity index is 1.97. The number of thioether (sulfide) groups is 1. The number of carboxylic acid groups (broad SMARTS) is 1. The van der Waals surface area contributed by atoms with Crippen molar-refractivity contribution in [3.05, 3.63) is 43.0 Å². The second-order valence-corrected chi connectivity index (χ2v) is 9.45. The largest absolute Gasteiger partial charge is 0.476 e. The number of ether oxygens (including phenoxy) is 1. The molecule has 2 aromatic heterocycles. The Morgan fingerprint density at radius 1 is 1.48 bits per heavy atom. The van der Waals surface area contributed by atoms with E-state index in [1.807, 2.05) is 0 Å². The second-order valence-electron chi connectivity index (χ2n) is 6.87. The lowest BCUT2D eigenvalue weighted by Gasteiger charge is -2.41. The van der Waals surface area contributed by atoms with Crippen LogP contribution in [0.1, 0.15) is 13.0 Å². The molecule has 12 nitrogen and oxygen atoms in total. The first-order valence-electron chi connectivity index (χ1n) is 9.33. The van der Waals surface area contributed by atoms with Gasteiger partial charge < -0.3 is 30.1 Å². The quantitative estimate of drug-likeness (QED) is 0.188. The number of nitrogens with one attached hydrogen (secondary N) is 1. The number of hydrogen-bond acceptors (Lipinski definition) is 11. The molecule has 3 heterocycles. The van der Waals surface area contributed by atoms with E-state index in [4.69, 9.17) is 16.3 Å². The van der Waals surface area contributed by atoms with Gasteiger partial charge in [-0.1, -0.05) is 39.9 Å². The Bertz CT molecular complexity index is 1140. The van der Waals surface area contributed by atoms with Crippen molar-refractivity contribution in [2.45, 2.75) is 36.7 Å². The van der Waals surface area contributed by atoms with Gasteiger partial charge in [-0.2, -0.15) is 0 Å². The fraction of sp³-hybridized carbons (Fsp3) is 0.389. The molecule has 1 saturated heterocycles. The third kappa shape index (κ3) is 5.60. The Morgan fingerprint density at radius 3 is 2.76 bits per heavy atom. The van der Waals surface area contributed by atoms with Crippen molar-refractivity contribution in [1.29, 1.82) is 0 Å². The van der Waals surface area contributed by atoms with Crippen LogP contribution >= 0.6 is 34.7 Å². The average Bonchev–Trinajstić information content (AvgIpc) is 3.39. The number of nitrogens with zero attached hydrogens (tertiary/aromatic N) is 4. The Hall–Kier alpha value is -2.33. The van der Waals surface area contributed by atoms with Crippen molar-refractivity contribution in [2.75, 3.05) is 6.61 Å². The summed E-state index contributed by atoms with van der Waals surface area (Å²) in [6, 6.07) is -1.12. The van der Waals surface area contributed by atoms with E-state index in [1.165, 1.54) is 23.9 Å². The highest BCUT2D eigenvalue weighted by molar-refractivity contribution is 8.03. The molecule has 0 aromatic carbocycles. The molecule has 1 aliphatic heterocycles. The molecule has 178 valence electrons. The summed E-state index contributed by atoms with van der Waals surface area (Å²) in [5.41, 5.74) is -0.853. The predicted molar refractivity (Wildman–Crippen MR) is 122 cm³/mol. The predicted octanol–water partition coefficient (Wildman–Crippen LogP) is 0.548. The van der Waals surface area contributed by atoms with Gasteiger partial charge in [0.25, 0.3) is 0 Å². The summed E-state index contributed by atoms with van der Waals surface area (Å²) < 4.78 is 6.84. The van der Waals surface area contributed by atoms with Gasteiger partial charge in [-0.15, -0.1) is 5.10 Å². The normalized spacial score (nSPS) is 26.7. The molecule has 1 aliphatic rings. The van der Waals surface area contributed by atoms with Crippen molar-refractivity contribution in [3.8, 4) is 11.4 Å². The van der Waals surface area contributed by atoms with Crippen LogP contribution in [0.2, 0.25) is 0 Å². The molecule has 0 spiro atoms. The molecule has 3 unspecified atom stereocenters. The van der Waals surface area contributed by atoms with E-state index < -0.39 is 48.1 Å². The number of aromatic amines is 1. The molecule has 5 N–H and O–H groups in total. The second kappa shape index (κ2) is 10.7. The highest BCUT2D eigenvalue weighted by atomic mass is 35.5. The van der Waals surface area contributed by atoms with Crippen LogP contribution in [-0.2, 0) is 9.53 Å². The number of rotatable bonds is 8. The summed E-state index contributed by atoms with van der Waals surface area (Å²) in [5, 5.41) is 50.6. The summed E-state index contributed by atoms with van der Waals surface area (Å²) in [6.07, 6.45) is -1.19. The molecule has 33 heavy (non-hydrogen) atoms. The van der Waals surface area contributed by atoms with E-state index in [2.05, 4.69) is 27.0 Å². The van der Waals surface area contributed by atoms with E-state index in [0.717, 1.165) is 23.1 Å². The third-order valence-electron chi connectivity index (χ3n) is 4.63. The van der Waals surface area contributed by atoms with Gasteiger partial charge in [-0.3, -0.25) is 9.79 Å². The third-order valence-corrected chi connectivity index (χ3v) is 6.59. The Labute approximate surface area is 199 Å². The molecule has 0 amide bonds. The van der Waals surface area contributed by atoms with E-state index in [0.29, 0.717) is 11.4 Å². The van der Waals surface area contributed by atoms with Crippen LogP contribution in [0.25, 0.3) is 11.4 Å². The van der Waals surface area contributed by atoms with E-state index in [1.54, 1.807) is 5.38 Å². The SMILES string of the molecule is C=N/C(C(=O)O)=C(\C=C(/C)Cl)S[C@H]1OC(CO)[C@H](O)C(n2cc(-c3csc(=O)[nH]3)nn2)C1O. The van der Waals surface area contributed by atoms with E-state index in [-0.39, 0.29) is 14.8 Å². The van der Waals surface area contributed by atoms with Crippen molar-refractivity contribution < 1.29 is 30.0 Å². The molecule has 0 aliphatic carbocycles. The lowest BCUT2D eigenvalue weighted by atomic mass is 9.97. The van der Waals surface area contributed by atoms with Crippen LogP contribution in [0, 0.1) is 0 Å². The standard InChI is InChI=1S/C18H20ClN5O7S2/c1-7(19)3-11(12(20-2)16(28)29)33-17-15(27)13(14(26)10(5-25)31-17)24-4-8(22-23-24)9-6-32-18(30)21-9/h3-4,6,10,13-15,17,25-27H,2,5H2,1H3,(H,21,30)(H,28,29)/b7-3+,12-11+/t10?,13?,14-,15?,17+/m0/s1. The molecule has 3 rings (SSSR count). The Morgan fingerprint density at radius 2 is 2.21 bits per heavy atom. The van der Waals surface area contributed by atoms with Gasteiger partial charge in [0.2, 0.25) is 0 Å². The minimum absolute atomic E-state index is 0.0519. The van der Waals surface area contributed by atoms with Crippen LogP contribution in [0.5, 0.6) is 0 Å². The molecule has 5 atom stereocenters. The minimum Gasteiger partial charge on any atom is -0.476 e. The highest BCUT2D eigenvalue weighted by Gasteiger charge is 2.46. The lowest BCUT2D eigenvalue weighted by Crippen LogP contribution is -2.55. The summed E-state index contributed by atoms with van der Waals surface area (Å²) in [4.78, 5) is 28.9. The lowest BCUT2D eigenvalue weighted by molar-refractivity contribution is -0.178. The first-order chi connectivity index (χ1) is 15.7. The molecular formula is C18H20ClN5O7S2. The number of H-pyrrole nitrogens is 1. The van der Waals surface area contributed by atoms with Gasteiger partial charge in [-0.05, 0) is 19.7 Å². The maximum atomic E-state index is 11.6. The Kier molecular flexibility index (Phi) is 8.23. The van der Waals surface area contributed by atoms with Crippen LogP contribution in [0.4, 0.5) is 0 Å². The number of carboxylic acids is 1.